The standard InChI is InChI=1S/C24H28N4O2.ClH/c1-18-7-5-15-28(17-18)16-6-14-25-23(29)20-10-12-21(13-11-20)24-26-22(27-30-24)19-8-3-2-4-9-19;/h2-4,8-13,18H,5-7,14-17H2,1H3,(H,25,29);1H. The summed E-state index contributed by atoms with van der Waals surface area (Å²) in [6.07, 6.45) is 3.59. The van der Waals surface area contributed by atoms with Gasteiger partial charge in [0.15, 0.2) is 0 Å². The fourth-order valence-electron chi connectivity index (χ4n) is 3.91. The highest BCUT2D eigenvalue weighted by Crippen LogP contribution is 2.22. The van der Waals surface area contributed by atoms with E-state index >= 15 is 0 Å². The van der Waals surface area contributed by atoms with Crippen LogP contribution in [0.4, 0.5) is 0 Å². The number of hydrogen-bond acceptors (Lipinski definition) is 5. The lowest BCUT2D eigenvalue weighted by Crippen LogP contribution is -2.36. The number of benzene rings is 2. The lowest BCUT2D eigenvalue weighted by Gasteiger charge is -2.30. The van der Waals surface area contributed by atoms with Gasteiger partial charge in [-0.15, -0.1) is 12.4 Å². The second kappa shape index (κ2) is 11.1. The van der Waals surface area contributed by atoms with E-state index in [2.05, 4.69) is 27.3 Å². The second-order valence-electron chi connectivity index (χ2n) is 8.02. The highest BCUT2D eigenvalue weighted by molar-refractivity contribution is 5.94. The molecule has 4 rings (SSSR count). The fraction of sp³-hybridized carbons (Fsp3) is 0.375. The van der Waals surface area contributed by atoms with Gasteiger partial charge in [0, 0.05) is 29.8 Å². The van der Waals surface area contributed by atoms with Crippen LogP contribution in [-0.4, -0.2) is 47.1 Å². The predicted octanol–water partition coefficient (Wildman–Crippen LogP) is 4.68. The van der Waals surface area contributed by atoms with Crippen LogP contribution in [0.5, 0.6) is 0 Å². The highest BCUT2D eigenvalue weighted by Gasteiger charge is 2.16. The average Bonchev–Trinajstić information content (AvgIpc) is 3.28. The molecule has 1 unspecified atom stereocenters. The summed E-state index contributed by atoms with van der Waals surface area (Å²) in [5.74, 6) is 1.73. The van der Waals surface area contributed by atoms with E-state index in [4.69, 9.17) is 4.52 Å². The number of aromatic nitrogens is 2. The van der Waals surface area contributed by atoms with Crippen LogP contribution in [0, 0.1) is 5.92 Å². The smallest absolute Gasteiger partial charge is 0.258 e. The van der Waals surface area contributed by atoms with Crippen molar-refractivity contribution in [2.24, 2.45) is 5.92 Å². The number of carbonyl (C=O) groups excluding carboxylic acids is 1. The number of carbonyl (C=O) groups is 1. The van der Waals surface area contributed by atoms with Crippen LogP contribution in [0.2, 0.25) is 0 Å². The van der Waals surface area contributed by atoms with Crippen LogP contribution in [0.25, 0.3) is 22.8 Å². The topological polar surface area (TPSA) is 71.3 Å². The van der Waals surface area contributed by atoms with E-state index < -0.39 is 0 Å². The molecular formula is C24H29ClN4O2. The van der Waals surface area contributed by atoms with Gasteiger partial charge in [-0.25, -0.2) is 0 Å². The third kappa shape index (κ3) is 6.15. The Kier molecular flexibility index (Phi) is 8.20. The third-order valence-electron chi connectivity index (χ3n) is 5.53. The van der Waals surface area contributed by atoms with Gasteiger partial charge in [0.2, 0.25) is 5.82 Å². The van der Waals surface area contributed by atoms with Crippen molar-refractivity contribution in [3.05, 3.63) is 60.2 Å². The molecule has 7 heteroatoms. The molecule has 3 aromatic rings. The first-order valence-electron chi connectivity index (χ1n) is 10.7. The van der Waals surface area contributed by atoms with Crippen LogP contribution in [0.1, 0.15) is 36.5 Å². The molecule has 0 saturated carbocycles. The molecule has 0 radical (unpaired) electrons. The number of likely N-dealkylation sites (tertiary alicyclic amines) is 1. The summed E-state index contributed by atoms with van der Waals surface area (Å²) < 4.78 is 5.38. The summed E-state index contributed by atoms with van der Waals surface area (Å²) in [4.78, 5) is 19.4. The van der Waals surface area contributed by atoms with E-state index in [0.29, 0.717) is 23.8 Å². The van der Waals surface area contributed by atoms with Gasteiger partial charge in [0.05, 0.1) is 0 Å². The Morgan fingerprint density at radius 1 is 1.13 bits per heavy atom. The minimum Gasteiger partial charge on any atom is -0.352 e. The molecule has 1 aliphatic heterocycles. The molecule has 1 atom stereocenters. The maximum absolute atomic E-state index is 12.4. The van der Waals surface area contributed by atoms with Crippen molar-refractivity contribution in [1.82, 2.24) is 20.4 Å². The lowest BCUT2D eigenvalue weighted by molar-refractivity contribution is 0.0950. The van der Waals surface area contributed by atoms with E-state index in [1.54, 1.807) is 12.1 Å². The van der Waals surface area contributed by atoms with Crippen LogP contribution < -0.4 is 5.32 Å². The monoisotopic (exact) mass is 440 g/mol. The van der Waals surface area contributed by atoms with Gasteiger partial charge < -0.3 is 14.7 Å². The Labute approximate surface area is 189 Å². The SMILES string of the molecule is CC1CCCN(CCCNC(=O)c2ccc(-c3nc(-c4ccccc4)no3)cc2)C1.Cl. The number of amides is 1. The first-order valence-corrected chi connectivity index (χ1v) is 10.7. The van der Waals surface area contributed by atoms with E-state index in [0.717, 1.165) is 30.0 Å². The minimum atomic E-state index is -0.0518. The maximum Gasteiger partial charge on any atom is 0.258 e. The zero-order valence-corrected chi connectivity index (χ0v) is 18.6. The molecule has 6 nitrogen and oxygen atoms in total. The van der Waals surface area contributed by atoms with Crippen molar-refractivity contribution in [2.75, 3.05) is 26.2 Å². The molecule has 2 heterocycles. The van der Waals surface area contributed by atoms with E-state index in [9.17, 15) is 4.79 Å². The zero-order valence-electron chi connectivity index (χ0n) is 17.8. The summed E-state index contributed by atoms with van der Waals surface area (Å²) in [5, 5.41) is 7.06. The van der Waals surface area contributed by atoms with Gasteiger partial charge in [-0.1, -0.05) is 42.4 Å². The molecule has 0 bridgehead atoms. The van der Waals surface area contributed by atoms with Gasteiger partial charge >= 0.3 is 0 Å². The zero-order chi connectivity index (χ0) is 20.8. The molecule has 0 aliphatic carbocycles. The first-order chi connectivity index (χ1) is 14.7. The van der Waals surface area contributed by atoms with Gasteiger partial charge in [-0.05, 0) is 62.5 Å². The Bertz CT molecular complexity index is 959. The normalized spacial score (nSPS) is 16.5. The Morgan fingerprint density at radius 2 is 1.90 bits per heavy atom. The lowest BCUT2D eigenvalue weighted by atomic mass is 10.0. The molecule has 1 fully saturated rings. The van der Waals surface area contributed by atoms with E-state index in [-0.39, 0.29) is 18.3 Å². The molecular weight excluding hydrogens is 412 g/mol. The van der Waals surface area contributed by atoms with Crippen molar-refractivity contribution >= 4 is 18.3 Å². The Balaban J connectivity index is 0.00000272. The number of hydrogen-bond donors (Lipinski definition) is 1. The molecule has 31 heavy (non-hydrogen) atoms. The van der Waals surface area contributed by atoms with Crippen molar-refractivity contribution in [1.29, 1.82) is 0 Å². The summed E-state index contributed by atoms with van der Waals surface area (Å²) in [7, 11) is 0. The molecule has 0 spiro atoms. The molecule has 1 saturated heterocycles. The highest BCUT2D eigenvalue weighted by atomic mass is 35.5. The van der Waals surface area contributed by atoms with Crippen molar-refractivity contribution in [3.63, 3.8) is 0 Å². The number of nitrogens with one attached hydrogen (secondary N) is 1. The Hall–Kier alpha value is -2.70. The van der Waals surface area contributed by atoms with Crippen molar-refractivity contribution in [2.45, 2.75) is 26.2 Å². The predicted molar refractivity (Wildman–Crippen MR) is 124 cm³/mol. The molecule has 2 aromatic carbocycles. The quantitative estimate of drug-likeness (QED) is 0.540. The summed E-state index contributed by atoms with van der Waals surface area (Å²) in [5.41, 5.74) is 2.33. The largest absolute Gasteiger partial charge is 0.352 e. The first kappa shape index (κ1) is 23.0. The van der Waals surface area contributed by atoms with Crippen LogP contribution in [0.15, 0.2) is 59.1 Å². The molecule has 1 aliphatic rings. The van der Waals surface area contributed by atoms with Gasteiger partial charge in [-0.3, -0.25) is 4.79 Å². The van der Waals surface area contributed by atoms with Crippen molar-refractivity contribution in [3.8, 4) is 22.8 Å². The minimum absolute atomic E-state index is 0. The number of piperidine rings is 1. The Morgan fingerprint density at radius 3 is 2.65 bits per heavy atom. The number of nitrogens with zero attached hydrogens (tertiary/aromatic N) is 3. The van der Waals surface area contributed by atoms with Crippen LogP contribution in [0.3, 0.4) is 0 Å². The van der Waals surface area contributed by atoms with Crippen LogP contribution >= 0.6 is 12.4 Å². The summed E-state index contributed by atoms with van der Waals surface area (Å²) in [6, 6.07) is 17.0. The number of rotatable bonds is 7. The van der Waals surface area contributed by atoms with Gasteiger partial charge in [0.25, 0.3) is 11.8 Å². The molecule has 164 valence electrons. The van der Waals surface area contributed by atoms with Crippen LogP contribution in [-0.2, 0) is 0 Å². The van der Waals surface area contributed by atoms with E-state index in [1.807, 2.05) is 42.5 Å². The molecule has 1 amide bonds. The van der Waals surface area contributed by atoms with E-state index in [1.165, 1.54) is 25.9 Å². The maximum atomic E-state index is 12.4. The van der Waals surface area contributed by atoms with Crippen molar-refractivity contribution < 1.29 is 9.32 Å². The fourth-order valence-corrected chi connectivity index (χ4v) is 3.91. The molecule has 1 N–H and O–H groups in total. The second-order valence-corrected chi connectivity index (χ2v) is 8.02. The summed E-state index contributed by atoms with van der Waals surface area (Å²) in [6.45, 7) is 6.41. The summed E-state index contributed by atoms with van der Waals surface area (Å²) >= 11 is 0. The average molecular weight is 441 g/mol. The van der Waals surface area contributed by atoms with Gasteiger partial charge in [0.1, 0.15) is 0 Å². The third-order valence-corrected chi connectivity index (χ3v) is 5.53. The van der Waals surface area contributed by atoms with Gasteiger partial charge in [-0.2, -0.15) is 4.98 Å². The number of halogens is 1. The molecule has 1 aromatic heterocycles.